The first-order valence-corrected chi connectivity index (χ1v) is 11.8. The summed E-state index contributed by atoms with van der Waals surface area (Å²) in [6.07, 6.45) is 0.848. The van der Waals surface area contributed by atoms with E-state index in [-0.39, 0.29) is 11.8 Å². The van der Waals surface area contributed by atoms with Crippen LogP contribution in [0.5, 0.6) is 5.75 Å². The Kier molecular flexibility index (Phi) is 7.51. The number of nitrogens with zero attached hydrogens (tertiary/aromatic N) is 4. The Morgan fingerprint density at radius 1 is 1.00 bits per heavy atom. The zero-order valence-corrected chi connectivity index (χ0v) is 20.8. The van der Waals surface area contributed by atoms with Gasteiger partial charge in [0.15, 0.2) is 0 Å². The van der Waals surface area contributed by atoms with Crippen molar-refractivity contribution in [3.05, 3.63) is 65.4 Å². The number of anilines is 1. The van der Waals surface area contributed by atoms with Crippen LogP contribution in [0.1, 0.15) is 35.0 Å². The number of carbonyl (C=O) groups excluding carboxylic acids is 2. The Morgan fingerprint density at radius 2 is 1.74 bits per heavy atom. The number of carbonyl (C=O) groups is 2. The summed E-state index contributed by atoms with van der Waals surface area (Å²) in [5, 5.41) is 4.23. The minimum atomic E-state index is -0.165. The van der Waals surface area contributed by atoms with Crippen LogP contribution in [-0.4, -0.2) is 67.1 Å². The van der Waals surface area contributed by atoms with Gasteiger partial charge in [-0.2, -0.15) is 0 Å². The number of aromatic nitrogens is 1. The Morgan fingerprint density at radius 3 is 2.51 bits per heavy atom. The topological polar surface area (TPSA) is 79.1 Å². The molecule has 0 aliphatic carbocycles. The molecule has 1 aliphatic heterocycles. The average Bonchev–Trinajstić information content (AvgIpc) is 3.23. The number of aryl methyl sites for hydroxylation is 1. The number of ether oxygens (including phenoxy) is 1. The van der Waals surface area contributed by atoms with Crippen LogP contribution in [0.25, 0.3) is 11.3 Å². The molecule has 8 heteroatoms. The lowest BCUT2D eigenvalue weighted by atomic mass is 10.0. The van der Waals surface area contributed by atoms with Gasteiger partial charge in [0.05, 0.1) is 7.11 Å². The highest BCUT2D eigenvalue weighted by atomic mass is 16.5. The van der Waals surface area contributed by atoms with Gasteiger partial charge in [-0.15, -0.1) is 0 Å². The number of hydrogen-bond donors (Lipinski definition) is 0. The molecule has 0 N–H and O–H groups in total. The minimum absolute atomic E-state index is 0.00874. The van der Waals surface area contributed by atoms with Crippen LogP contribution in [-0.2, 0) is 11.3 Å². The molecule has 2 amide bonds. The van der Waals surface area contributed by atoms with Gasteiger partial charge in [0, 0.05) is 44.4 Å². The molecular formula is C27H32N4O4. The summed E-state index contributed by atoms with van der Waals surface area (Å²) in [7, 11) is 3.63. The number of rotatable bonds is 3. The van der Waals surface area contributed by atoms with Crippen LogP contribution < -0.4 is 9.64 Å². The van der Waals surface area contributed by atoms with Gasteiger partial charge in [-0.25, -0.2) is 0 Å². The molecule has 0 saturated heterocycles. The molecule has 0 bridgehead atoms. The molecule has 0 fully saturated rings. The van der Waals surface area contributed by atoms with Gasteiger partial charge >= 0.3 is 0 Å². The second kappa shape index (κ2) is 10.7. The molecule has 2 heterocycles. The summed E-state index contributed by atoms with van der Waals surface area (Å²) in [5.74, 6) is 0.902. The molecule has 0 radical (unpaired) electrons. The maximum absolute atomic E-state index is 14.0. The smallest absolute Gasteiger partial charge is 0.260 e. The standard InChI is InChI=1S/C27H32N4O4/c1-19-25(26(28-35-19)22-11-6-8-13-24(22)34-4)27(33)30-17-16-29(3)14-9-15-31(20(2)32)23-12-7-5-10-21(23)18-30/h5-8,10-13H,9,14-18H2,1-4H3. The van der Waals surface area contributed by atoms with Crippen molar-refractivity contribution < 1.29 is 18.8 Å². The number of likely N-dealkylation sites (N-methyl/N-ethyl adjacent to an activating group) is 1. The number of fused-ring (bicyclic) bond motifs is 1. The number of amides is 2. The fourth-order valence-electron chi connectivity index (χ4n) is 4.52. The van der Waals surface area contributed by atoms with Crippen LogP contribution in [0.2, 0.25) is 0 Å². The molecule has 0 spiro atoms. The Labute approximate surface area is 206 Å². The van der Waals surface area contributed by atoms with Crippen molar-refractivity contribution in [1.29, 1.82) is 0 Å². The zero-order chi connectivity index (χ0) is 24.9. The molecule has 3 aromatic rings. The largest absolute Gasteiger partial charge is 0.496 e. The first-order valence-electron chi connectivity index (χ1n) is 11.8. The lowest BCUT2D eigenvalue weighted by Crippen LogP contribution is -2.37. The predicted molar refractivity (Wildman–Crippen MR) is 135 cm³/mol. The summed E-state index contributed by atoms with van der Waals surface area (Å²) in [5.41, 5.74) is 3.36. The van der Waals surface area contributed by atoms with E-state index in [2.05, 4.69) is 10.1 Å². The quantitative estimate of drug-likeness (QED) is 0.569. The second-order valence-corrected chi connectivity index (χ2v) is 8.85. The van der Waals surface area contributed by atoms with E-state index in [1.54, 1.807) is 21.0 Å². The van der Waals surface area contributed by atoms with Crippen molar-refractivity contribution >= 4 is 17.5 Å². The molecule has 0 atom stereocenters. The van der Waals surface area contributed by atoms with Gasteiger partial charge in [-0.3, -0.25) is 9.59 Å². The first-order chi connectivity index (χ1) is 16.9. The Balaban J connectivity index is 1.76. The highest BCUT2D eigenvalue weighted by Gasteiger charge is 2.29. The van der Waals surface area contributed by atoms with E-state index in [0.29, 0.717) is 54.5 Å². The number of hydrogen-bond acceptors (Lipinski definition) is 6. The molecule has 4 rings (SSSR count). The molecule has 8 nitrogen and oxygen atoms in total. The molecule has 1 aliphatic rings. The second-order valence-electron chi connectivity index (χ2n) is 8.85. The summed E-state index contributed by atoms with van der Waals surface area (Å²) < 4.78 is 11.0. The normalized spacial score (nSPS) is 15.3. The van der Waals surface area contributed by atoms with Gasteiger partial charge in [-0.05, 0) is 50.7 Å². The van der Waals surface area contributed by atoms with E-state index in [1.165, 1.54) is 0 Å². The third kappa shape index (κ3) is 5.22. The van der Waals surface area contributed by atoms with Crippen LogP contribution in [0, 0.1) is 6.92 Å². The minimum Gasteiger partial charge on any atom is -0.496 e. The van der Waals surface area contributed by atoms with Crippen molar-refractivity contribution in [2.45, 2.75) is 26.8 Å². The summed E-state index contributed by atoms with van der Waals surface area (Å²) in [6.45, 7) is 6.40. The molecule has 1 aromatic heterocycles. The van der Waals surface area contributed by atoms with Gasteiger partial charge in [-0.1, -0.05) is 35.5 Å². The van der Waals surface area contributed by atoms with Crippen molar-refractivity contribution in [1.82, 2.24) is 15.0 Å². The molecule has 0 saturated carbocycles. The van der Waals surface area contributed by atoms with Crippen molar-refractivity contribution in [2.75, 3.05) is 45.2 Å². The zero-order valence-electron chi connectivity index (χ0n) is 20.8. The van der Waals surface area contributed by atoms with E-state index < -0.39 is 0 Å². The number of benzene rings is 2. The van der Waals surface area contributed by atoms with Gasteiger partial charge in [0.25, 0.3) is 5.91 Å². The highest BCUT2D eigenvalue weighted by molar-refractivity contribution is 6.01. The number of para-hydroxylation sites is 2. The van der Waals surface area contributed by atoms with Gasteiger partial charge in [0.2, 0.25) is 5.91 Å². The van der Waals surface area contributed by atoms with Crippen LogP contribution in [0.4, 0.5) is 5.69 Å². The molecule has 35 heavy (non-hydrogen) atoms. The number of methoxy groups -OCH3 is 1. The average molecular weight is 477 g/mol. The van der Waals surface area contributed by atoms with E-state index in [1.807, 2.05) is 65.4 Å². The van der Waals surface area contributed by atoms with E-state index in [4.69, 9.17) is 9.26 Å². The Bertz CT molecular complexity index is 1210. The van der Waals surface area contributed by atoms with Crippen LogP contribution in [0.3, 0.4) is 0 Å². The lowest BCUT2D eigenvalue weighted by Gasteiger charge is -2.27. The first kappa shape index (κ1) is 24.5. The highest BCUT2D eigenvalue weighted by Crippen LogP contribution is 2.34. The third-order valence-electron chi connectivity index (χ3n) is 6.42. The fraction of sp³-hybridized carbons (Fsp3) is 0.370. The lowest BCUT2D eigenvalue weighted by molar-refractivity contribution is -0.116. The summed E-state index contributed by atoms with van der Waals surface area (Å²) >= 11 is 0. The molecule has 2 aromatic carbocycles. The van der Waals surface area contributed by atoms with E-state index >= 15 is 0 Å². The van der Waals surface area contributed by atoms with Crippen molar-refractivity contribution in [3.63, 3.8) is 0 Å². The fourth-order valence-corrected chi connectivity index (χ4v) is 4.52. The van der Waals surface area contributed by atoms with Crippen LogP contribution >= 0.6 is 0 Å². The Hall–Kier alpha value is -3.65. The predicted octanol–water partition coefficient (Wildman–Crippen LogP) is 3.99. The SMILES string of the molecule is COc1ccccc1-c1noc(C)c1C(=O)N1CCN(C)CCCN(C(C)=O)c2ccccc2C1. The molecule has 184 valence electrons. The monoisotopic (exact) mass is 476 g/mol. The van der Waals surface area contributed by atoms with Crippen molar-refractivity contribution in [2.24, 2.45) is 0 Å². The maximum Gasteiger partial charge on any atom is 0.260 e. The third-order valence-corrected chi connectivity index (χ3v) is 6.42. The van der Waals surface area contributed by atoms with Crippen LogP contribution in [0.15, 0.2) is 53.1 Å². The molecule has 0 unspecified atom stereocenters. The van der Waals surface area contributed by atoms with E-state index in [0.717, 1.165) is 24.2 Å². The van der Waals surface area contributed by atoms with Crippen molar-refractivity contribution in [3.8, 4) is 17.0 Å². The van der Waals surface area contributed by atoms with E-state index in [9.17, 15) is 9.59 Å². The summed E-state index contributed by atoms with van der Waals surface area (Å²) in [6, 6.07) is 15.3. The van der Waals surface area contributed by atoms with Gasteiger partial charge < -0.3 is 24.0 Å². The van der Waals surface area contributed by atoms with Gasteiger partial charge in [0.1, 0.15) is 22.8 Å². The summed E-state index contributed by atoms with van der Waals surface area (Å²) in [4.78, 5) is 32.4. The molecular weight excluding hydrogens is 444 g/mol. The maximum atomic E-state index is 14.0.